The van der Waals surface area contributed by atoms with Crippen LogP contribution in [0.15, 0.2) is 35.3 Å². The zero-order valence-corrected chi connectivity index (χ0v) is 20.1. The van der Waals surface area contributed by atoms with Gasteiger partial charge in [-0.1, -0.05) is 37.8 Å². The highest BCUT2D eigenvalue weighted by Crippen LogP contribution is 2.26. The molecule has 0 spiro atoms. The van der Waals surface area contributed by atoms with E-state index in [9.17, 15) is 14.7 Å². The third kappa shape index (κ3) is 6.10. The van der Waals surface area contributed by atoms with Gasteiger partial charge >= 0.3 is 5.97 Å². The molecule has 2 heterocycles. The minimum atomic E-state index is -0.983. The number of benzene rings is 1. The Labute approximate surface area is 201 Å². The van der Waals surface area contributed by atoms with E-state index in [0.29, 0.717) is 12.0 Å². The molecule has 1 unspecified atom stereocenters. The molecule has 4 rings (SSSR count). The monoisotopic (exact) mass is 461 g/mol. The van der Waals surface area contributed by atoms with Crippen molar-refractivity contribution >= 4 is 18.1 Å². The number of hydrogen-bond donors (Lipinski definition) is 2. The second-order valence-electron chi connectivity index (χ2n) is 9.58. The van der Waals surface area contributed by atoms with Gasteiger partial charge in [-0.3, -0.25) is 14.8 Å². The topological polar surface area (TPSA) is 91.7 Å². The SMILES string of the molecule is CC1N=Cc2cc(C(=O)N[C@@H](CCCCCCCc3ccc4c(n3)CCCC4)C(=O)O)ccc21. The van der Waals surface area contributed by atoms with Gasteiger partial charge in [-0.05, 0) is 86.8 Å². The molecule has 0 radical (unpaired) electrons. The lowest BCUT2D eigenvalue weighted by Crippen LogP contribution is -2.40. The van der Waals surface area contributed by atoms with Crippen LogP contribution in [0.4, 0.5) is 0 Å². The molecule has 0 bridgehead atoms. The Morgan fingerprint density at radius 3 is 2.71 bits per heavy atom. The summed E-state index contributed by atoms with van der Waals surface area (Å²) in [5.74, 6) is -1.33. The molecule has 6 heteroatoms. The highest BCUT2D eigenvalue weighted by Gasteiger charge is 2.22. The normalized spacial score (nSPS) is 17.1. The molecule has 1 aromatic carbocycles. The third-order valence-electron chi connectivity index (χ3n) is 7.00. The second-order valence-corrected chi connectivity index (χ2v) is 9.58. The van der Waals surface area contributed by atoms with E-state index in [4.69, 9.17) is 4.98 Å². The number of rotatable bonds is 11. The van der Waals surface area contributed by atoms with Crippen LogP contribution in [0, 0.1) is 0 Å². The van der Waals surface area contributed by atoms with E-state index < -0.39 is 12.0 Å². The number of carbonyl (C=O) groups is 2. The molecule has 1 aromatic heterocycles. The molecule has 34 heavy (non-hydrogen) atoms. The van der Waals surface area contributed by atoms with Gasteiger partial charge in [0, 0.05) is 23.2 Å². The van der Waals surface area contributed by atoms with Crippen molar-refractivity contribution < 1.29 is 14.7 Å². The summed E-state index contributed by atoms with van der Waals surface area (Å²) in [6.07, 6.45) is 13.1. The molecule has 0 saturated heterocycles. The number of amides is 1. The fraction of sp³-hybridized carbons (Fsp3) is 0.500. The summed E-state index contributed by atoms with van der Waals surface area (Å²) in [7, 11) is 0. The van der Waals surface area contributed by atoms with Crippen molar-refractivity contribution in [2.24, 2.45) is 4.99 Å². The Hall–Kier alpha value is -3.02. The average Bonchev–Trinajstić information content (AvgIpc) is 3.22. The smallest absolute Gasteiger partial charge is 0.326 e. The van der Waals surface area contributed by atoms with E-state index in [1.54, 1.807) is 18.3 Å². The number of aromatic nitrogens is 1. The van der Waals surface area contributed by atoms with Crippen LogP contribution in [0.2, 0.25) is 0 Å². The van der Waals surface area contributed by atoms with Crippen LogP contribution >= 0.6 is 0 Å². The number of aryl methyl sites for hydroxylation is 3. The maximum absolute atomic E-state index is 12.6. The number of carboxylic acid groups (broad SMARTS) is 1. The number of carboxylic acids is 1. The summed E-state index contributed by atoms with van der Waals surface area (Å²) in [4.78, 5) is 33.5. The van der Waals surface area contributed by atoms with Crippen LogP contribution in [-0.2, 0) is 24.1 Å². The first-order valence-electron chi connectivity index (χ1n) is 12.7. The molecular weight excluding hydrogens is 426 g/mol. The van der Waals surface area contributed by atoms with E-state index in [1.807, 2.05) is 13.0 Å². The molecule has 0 saturated carbocycles. The maximum atomic E-state index is 12.6. The molecule has 2 atom stereocenters. The van der Waals surface area contributed by atoms with E-state index in [2.05, 4.69) is 22.4 Å². The Morgan fingerprint density at radius 2 is 1.85 bits per heavy atom. The quantitative estimate of drug-likeness (QED) is 0.449. The number of aliphatic carboxylic acids is 1. The van der Waals surface area contributed by atoms with Gasteiger partial charge in [0.05, 0.1) is 6.04 Å². The lowest BCUT2D eigenvalue weighted by Gasteiger charge is -2.15. The van der Waals surface area contributed by atoms with E-state index >= 15 is 0 Å². The van der Waals surface area contributed by atoms with Crippen LogP contribution < -0.4 is 5.32 Å². The van der Waals surface area contributed by atoms with Crippen molar-refractivity contribution in [3.05, 3.63) is 64.0 Å². The van der Waals surface area contributed by atoms with Crippen molar-refractivity contribution in [1.82, 2.24) is 10.3 Å². The number of pyridine rings is 1. The van der Waals surface area contributed by atoms with Crippen molar-refractivity contribution in [1.29, 1.82) is 0 Å². The van der Waals surface area contributed by atoms with Crippen molar-refractivity contribution in [2.75, 3.05) is 0 Å². The number of hydrogen-bond acceptors (Lipinski definition) is 4. The standard InChI is InChI=1S/C28H35N3O3/c1-19-24-16-14-21(17-22(24)18-29-19)27(32)31-26(28(33)34)12-6-4-2-3-5-10-23-15-13-20-9-7-8-11-25(20)30-23/h13-19,26H,2-12H2,1H3,(H,31,32)(H,33,34)/t19?,26-/m0/s1. The average molecular weight is 462 g/mol. The third-order valence-corrected chi connectivity index (χ3v) is 7.00. The van der Waals surface area contributed by atoms with Gasteiger partial charge in [0.25, 0.3) is 5.91 Å². The maximum Gasteiger partial charge on any atom is 0.326 e. The number of fused-ring (bicyclic) bond motifs is 2. The van der Waals surface area contributed by atoms with Crippen molar-refractivity contribution in [2.45, 2.75) is 89.6 Å². The van der Waals surface area contributed by atoms with E-state index in [0.717, 1.165) is 56.1 Å². The summed E-state index contributed by atoms with van der Waals surface area (Å²) in [6, 6.07) is 9.11. The molecule has 1 aliphatic carbocycles. The van der Waals surface area contributed by atoms with Crippen LogP contribution in [0.25, 0.3) is 0 Å². The number of aliphatic imine (C=N–C) groups is 1. The summed E-state index contributed by atoms with van der Waals surface area (Å²) in [6.45, 7) is 2.01. The molecule has 2 aromatic rings. The summed E-state index contributed by atoms with van der Waals surface area (Å²) in [5.41, 5.74) is 6.41. The number of nitrogens with zero attached hydrogens (tertiary/aromatic N) is 2. The van der Waals surface area contributed by atoms with Crippen molar-refractivity contribution in [3.63, 3.8) is 0 Å². The molecule has 1 aliphatic heterocycles. The number of nitrogens with one attached hydrogen (secondary N) is 1. The van der Waals surface area contributed by atoms with Crippen LogP contribution in [0.5, 0.6) is 0 Å². The predicted molar refractivity (Wildman–Crippen MR) is 134 cm³/mol. The van der Waals surface area contributed by atoms with Crippen LogP contribution in [-0.4, -0.2) is 34.2 Å². The molecule has 2 aliphatic rings. The molecule has 0 fully saturated rings. The Bertz CT molecular complexity index is 1060. The van der Waals surface area contributed by atoms with Crippen LogP contribution in [0.1, 0.15) is 103 Å². The van der Waals surface area contributed by atoms with Gasteiger partial charge in [0.1, 0.15) is 6.04 Å². The fourth-order valence-corrected chi connectivity index (χ4v) is 4.93. The van der Waals surface area contributed by atoms with Gasteiger partial charge in [0.15, 0.2) is 0 Å². The highest BCUT2D eigenvalue weighted by atomic mass is 16.4. The summed E-state index contributed by atoms with van der Waals surface area (Å²) >= 11 is 0. The Kier molecular flexibility index (Phi) is 8.09. The minimum absolute atomic E-state index is 0.105. The largest absolute Gasteiger partial charge is 0.480 e. The lowest BCUT2D eigenvalue weighted by atomic mass is 9.95. The number of carbonyl (C=O) groups excluding carboxylic acids is 1. The summed E-state index contributed by atoms with van der Waals surface area (Å²) in [5, 5.41) is 12.3. The van der Waals surface area contributed by atoms with E-state index in [-0.39, 0.29) is 11.9 Å². The molecular formula is C28H35N3O3. The van der Waals surface area contributed by atoms with E-state index in [1.165, 1.54) is 36.2 Å². The van der Waals surface area contributed by atoms with Crippen LogP contribution in [0.3, 0.4) is 0 Å². The number of unbranched alkanes of at least 4 members (excludes halogenated alkanes) is 4. The first-order chi connectivity index (χ1) is 16.5. The molecule has 6 nitrogen and oxygen atoms in total. The second kappa shape index (κ2) is 11.4. The van der Waals surface area contributed by atoms with Gasteiger partial charge in [0.2, 0.25) is 0 Å². The first-order valence-corrected chi connectivity index (χ1v) is 12.7. The van der Waals surface area contributed by atoms with Gasteiger partial charge in [-0.2, -0.15) is 0 Å². The van der Waals surface area contributed by atoms with Gasteiger partial charge in [-0.15, -0.1) is 0 Å². The lowest BCUT2D eigenvalue weighted by molar-refractivity contribution is -0.139. The fourth-order valence-electron chi connectivity index (χ4n) is 4.93. The van der Waals surface area contributed by atoms with Crippen molar-refractivity contribution in [3.8, 4) is 0 Å². The van der Waals surface area contributed by atoms with Gasteiger partial charge in [-0.25, -0.2) is 4.79 Å². The Morgan fingerprint density at radius 1 is 1.06 bits per heavy atom. The molecule has 1 amide bonds. The Balaban J connectivity index is 1.15. The zero-order valence-electron chi connectivity index (χ0n) is 20.1. The molecule has 2 N–H and O–H groups in total. The molecule has 180 valence electrons. The predicted octanol–water partition coefficient (Wildman–Crippen LogP) is 5.22. The zero-order chi connectivity index (χ0) is 23.9. The highest BCUT2D eigenvalue weighted by molar-refractivity contribution is 5.99. The minimum Gasteiger partial charge on any atom is -0.480 e. The van der Waals surface area contributed by atoms with Gasteiger partial charge < -0.3 is 10.4 Å². The summed E-state index contributed by atoms with van der Waals surface area (Å²) < 4.78 is 0. The first kappa shape index (κ1) is 24.1.